The van der Waals surface area contributed by atoms with Crippen LogP contribution in [0.1, 0.15) is 11.1 Å². The van der Waals surface area contributed by atoms with Gasteiger partial charge >= 0.3 is 0 Å². The first-order chi connectivity index (χ1) is 16.2. The Hall–Kier alpha value is -3.64. The van der Waals surface area contributed by atoms with Crippen LogP contribution in [0, 0.1) is 6.92 Å². The van der Waals surface area contributed by atoms with Crippen molar-refractivity contribution in [3.05, 3.63) is 96.4 Å². The molecular formula is C27H31N5O. The van der Waals surface area contributed by atoms with Crippen molar-refractivity contribution in [1.82, 2.24) is 20.1 Å². The molecule has 5 rings (SSSR count). The molecule has 0 radical (unpaired) electrons. The molecule has 2 aromatic carbocycles. The topological polar surface area (TPSA) is 64.0 Å². The van der Waals surface area contributed by atoms with Crippen molar-refractivity contribution in [3.63, 3.8) is 0 Å². The first kappa shape index (κ1) is 22.6. The van der Waals surface area contributed by atoms with E-state index in [1.54, 1.807) is 4.68 Å². The lowest BCUT2D eigenvalue weighted by Crippen LogP contribution is -2.40. The average Bonchev–Trinajstić information content (AvgIpc) is 3.30. The first-order valence-corrected chi connectivity index (χ1v) is 11.3. The van der Waals surface area contributed by atoms with Crippen LogP contribution in [-0.4, -0.2) is 40.5 Å². The molecule has 1 unspecified atom stereocenters. The summed E-state index contributed by atoms with van der Waals surface area (Å²) < 4.78 is 7.83. The van der Waals surface area contributed by atoms with Crippen molar-refractivity contribution in [2.45, 2.75) is 19.4 Å². The van der Waals surface area contributed by atoms with Gasteiger partial charge in [0, 0.05) is 37.1 Å². The smallest absolute Gasteiger partial charge is 0.237 e. The second-order valence-electron chi connectivity index (χ2n) is 8.19. The van der Waals surface area contributed by atoms with Gasteiger partial charge in [-0.3, -0.25) is 4.68 Å². The predicted molar refractivity (Wildman–Crippen MR) is 134 cm³/mol. The Morgan fingerprint density at radius 3 is 2.42 bits per heavy atom. The fraction of sp³-hybridized carbons (Fsp3) is 0.259. The number of ether oxygens (including phenoxy) is 1. The van der Waals surface area contributed by atoms with E-state index in [1.165, 1.54) is 11.1 Å². The molecule has 33 heavy (non-hydrogen) atoms. The highest BCUT2D eigenvalue weighted by Gasteiger charge is 2.20. The highest BCUT2D eigenvalue weighted by atomic mass is 16.5. The number of nitrogens with one attached hydrogen (secondary N) is 2. The van der Waals surface area contributed by atoms with Crippen molar-refractivity contribution in [2.24, 2.45) is 7.05 Å². The van der Waals surface area contributed by atoms with E-state index in [2.05, 4.69) is 58.0 Å². The summed E-state index contributed by atoms with van der Waals surface area (Å²) in [6.45, 7) is 4.61. The van der Waals surface area contributed by atoms with E-state index in [-0.39, 0.29) is 6.10 Å². The maximum absolute atomic E-state index is 6.04. The molecule has 0 amide bonds. The molecule has 6 heteroatoms. The van der Waals surface area contributed by atoms with E-state index in [4.69, 9.17) is 4.74 Å². The Bertz CT molecular complexity index is 1100. The van der Waals surface area contributed by atoms with Gasteiger partial charge in [-0.05, 0) is 31.5 Å². The molecule has 170 valence electrons. The van der Waals surface area contributed by atoms with Gasteiger partial charge in [0.1, 0.15) is 6.10 Å². The van der Waals surface area contributed by atoms with Crippen LogP contribution < -0.4 is 15.4 Å². The third-order valence-corrected chi connectivity index (χ3v) is 5.44. The number of aryl methyl sites for hydroxylation is 2. The summed E-state index contributed by atoms with van der Waals surface area (Å²) in [6, 6.07) is 22.8. The van der Waals surface area contributed by atoms with Crippen LogP contribution in [-0.2, 0) is 13.5 Å². The van der Waals surface area contributed by atoms with Gasteiger partial charge < -0.3 is 15.4 Å². The summed E-state index contributed by atoms with van der Waals surface area (Å²) in [5.41, 5.74) is 5.67. The van der Waals surface area contributed by atoms with Crippen molar-refractivity contribution in [1.29, 1.82) is 0 Å². The van der Waals surface area contributed by atoms with Crippen LogP contribution in [0.3, 0.4) is 0 Å². The van der Waals surface area contributed by atoms with Gasteiger partial charge in [0.05, 0.1) is 18.4 Å². The Kier molecular flexibility index (Phi) is 7.72. The van der Waals surface area contributed by atoms with Crippen molar-refractivity contribution < 1.29 is 4.74 Å². The molecule has 0 saturated heterocycles. The monoisotopic (exact) mass is 441 g/mol. The van der Waals surface area contributed by atoms with E-state index >= 15 is 0 Å². The minimum absolute atomic E-state index is 0.0762. The average molecular weight is 442 g/mol. The Balaban J connectivity index is 0.000000376. The standard InChI is InChI=1S/C21H25N5O.C6H6/c1-15-3-5-16(6-4-15)7-8-22-12-19-13-23-20-9-17(10-24-21(20)27-19)18-11-25-26(2)14-18;1-2-4-6-5-3-1/h3-6,9-11,14,19,22-23H,7-8,12-13H2,1-2H3;1-6H. The second-order valence-corrected chi connectivity index (χ2v) is 8.19. The SMILES string of the molecule is Cc1ccc(CCNCC2CNc3cc(-c4cnn(C)c4)cnc3O2)cc1.c1ccccc1. The van der Waals surface area contributed by atoms with Gasteiger partial charge in [-0.2, -0.15) is 5.10 Å². The fourth-order valence-corrected chi connectivity index (χ4v) is 3.57. The van der Waals surface area contributed by atoms with Crippen molar-refractivity contribution in [3.8, 4) is 17.0 Å². The van der Waals surface area contributed by atoms with Gasteiger partial charge in [0.25, 0.3) is 0 Å². The Labute approximate surface area is 195 Å². The van der Waals surface area contributed by atoms with Gasteiger partial charge in [0.2, 0.25) is 5.88 Å². The zero-order valence-electron chi connectivity index (χ0n) is 19.2. The van der Waals surface area contributed by atoms with E-state index in [9.17, 15) is 0 Å². The number of pyridine rings is 1. The Morgan fingerprint density at radius 2 is 1.76 bits per heavy atom. The fourth-order valence-electron chi connectivity index (χ4n) is 3.57. The van der Waals surface area contributed by atoms with E-state index < -0.39 is 0 Å². The molecule has 0 spiro atoms. The van der Waals surface area contributed by atoms with Crippen molar-refractivity contribution >= 4 is 5.69 Å². The molecule has 0 fully saturated rings. The predicted octanol–water partition coefficient (Wildman–Crippen LogP) is 4.48. The molecule has 0 aliphatic carbocycles. The maximum atomic E-state index is 6.04. The number of anilines is 1. The van der Waals surface area contributed by atoms with E-state index in [0.29, 0.717) is 5.88 Å². The molecule has 0 bridgehead atoms. The quantitative estimate of drug-likeness (QED) is 0.432. The summed E-state index contributed by atoms with van der Waals surface area (Å²) in [5, 5.41) is 11.1. The van der Waals surface area contributed by atoms with E-state index in [1.807, 2.05) is 62.0 Å². The molecule has 1 atom stereocenters. The normalized spacial score (nSPS) is 14.3. The minimum Gasteiger partial charge on any atom is -0.470 e. The molecule has 3 heterocycles. The largest absolute Gasteiger partial charge is 0.470 e. The first-order valence-electron chi connectivity index (χ1n) is 11.3. The second kappa shape index (κ2) is 11.3. The van der Waals surface area contributed by atoms with Crippen LogP contribution in [0.4, 0.5) is 5.69 Å². The van der Waals surface area contributed by atoms with Crippen molar-refractivity contribution in [2.75, 3.05) is 25.0 Å². The maximum Gasteiger partial charge on any atom is 0.237 e. The van der Waals surface area contributed by atoms with Crippen LogP contribution in [0.15, 0.2) is 85.3 Å². The molecule has 6 nitrogen and oxygen atoms in total. The lowest BCUT2D eigenvalue weighted by atomic mass is 10.1. The number of fused-ring (bicyclic) bond motifs is 1. The summed E-state index contributed by atoms with van der Waals surface area (Å²) >= 11 is 0. The van der Waals surface area contributed by atoms with Crippen LogP contribution in [0.25, 0.3) is 11.1 Å². The van der Waals surface area contributed by atoms with Gasteiger partial charge in [-0.15, -0.1) is 0 Å². The number of rotatable bonds is 6. The summed E-state index contributed by atoms with van der Waals surface area (Å²) in [6.07, 6.45) is 6.75. The number of hydrogen-bond donors (Lipinski definition) is 2. The van der Waals surface area contributed by atoms with Crippen LogP contribution in [0.5, 0.6) is 5.88 Å². The molecular weight excluding hydrogens is 410 g/mol. The summed E-state index contributed by atoms with van der Waals surface area (Å²) in [7, 11) is 1.91. The van der Waals surface area contributed by atoms with E-state index in [0.717, 1.165) is 42.9 Å². The Morgan fingerprint density at radius 1 is 1.03 bits per heavy atom. The number of benzene rings is 2. The molecule has 2 aromatic heterocycles. The molecule has 0 saturated carbocycles. The molecule has 2 N–H and O–H groups in total. The number of nitrogens with zero attached hydrogens (tertiary/aromatic N) is 3. The molecule has 1 aliphatic rings. The third kappa shape index (κ3) is 6.67. The van der Waals surface area contributed by atoms with Gasteiger partial charge in [-0.25, -0.2) is 4.98 Å². The molecule has 4 aromatic rings. The summed E-state index contributed by atoms with van der Waals surface area (Å²) in [5.74, 6) is 0.666. The highest BCUT2D eigenvalue weighted by Crippen LogP contribution is 2.30. The summed E-state index contributed by atoms with van der Waals surface area (Å²) in [4.78, 5) is 4.49. The van der Waals surface area contributed by atoms with Crippen LogP contribution >= 0.6 is 0 Å². The minimum atomic E-state index is 0.0762. The highest BCUT2D eigenvalue weighted by molar-refractivity contribution is 5.69. The van der Waals surface area contributed by atoms with Gasteiger partial charge in [0.15, 0.2) is 0 Å². The van der Waals surface area contributed by atoms with Crippen LogP contribution in [0.2, 0.25) is 0 Å². The lowest BCUT2D eigenvalue weighted by molar-refractivity contribution is 0.194. The number of hydrogen-bond acceptors (Lipinski definition) is 5. The molecule has 1 aliphatic heterocycles. The lowest BCUT2D eigenvalue weighted by Gasteiger charge is -2.27. The zero-order chi connectivity index (χ0) is 22.9. The van der Waals surface area contributed by atoms with Gasteiger partial charge in [-0.1, -0.05) is 66.2 Å². The zero-order valence-corrected chi connectivity index (χ0v) is 19.2. The third-order valence-electron chi connectivity index (χ3n) is 5.44. The number of aromatic nitrogens is 3.